The number of aromatic nitrogens is 2. The van der Waals surface area contributed by atoms with Gasteiger partial charge in [-0.3, -0.25) is 4.79 Å². The first-order chi connectivity index (χ1) is 15.1. The van der Waals surface area contributed by atoms with Crippen LogP contribution in [0.15, 0.2) is 30.3 Å². The highest BCUT2D eigenvalue weighted by molar-refractivity contribution is 6.19. The molecular formula is C25H38ClN5O. The van der Waals surface area contributed by atoms with Gasteiger partial charge in [0, 0.05) is 44.2 Å². The zero-order valence-electron chi connectivity index (χ0n) is 20.4. The largest absolute Gasteiger partial charge is 0.354 e. The van der Waals surface area contributed by atoms with E-state index in [1.807, 2.05) is 36.9 Å². The summed E-state index contributed by atoms with van der Waals surface area (Å²) in [6, 6.07) is 10.3. The van der Waals surface area contributed by atoms with Crippen LogP contribution >= 0.6 is 11.6 Å². The number of nitrogens with zero attached hydrogens (tertiary/aromatic N) is 5. The van der Waals surface area contributed by atoms with Gasteiger partial charge in [0.05, 0.1) is 23.3 Å². The number of amides is 1. The second kappa shape index (κ2) is 10.3. The monoisotopic (exact) mass is 459 g/mol. The number of alkyl halides is 1. The molecule has 1 aliphatic rings. The number of halogens is 1. The maximum Gasteiger partial charge on any atom is 0.229 e. The molecule has 1 aromatic heterocycles. The lowest BCUT2D eigenvalue weighted by Crippen LogP contribution is -2.46. The molecule has 2 heterocycles. The Labute approximate surface area is 198 Å². The van der Waals surface area contributed by atoms with Gasteiger partial charge in [-0.05, 0) is 45.9 Å². The van der Waals surface area contributed by atoms with Crippen LogP contribution in [0, 0.1) is 18.3 Å². The number of benzene rings is 1. The van der Waals surface area contributed by atoms with E-state index in [9.17, 15) is 4.79 Å². The van der Waals surface area contributed by atoms with E-state index in [4.69, 9.17) is 16.7 Å². The summed E-state index contributed by atoms with van der Waals surface area (Å²) in [7, 11) is 2.16. The molecule has 0 radical (unpaired) electrons. The number of hydrogen-bond acceptors (Lipinski definition) is 4. The quantitative estimate of drug-likeness (QED) is 0.555. The molecule has 0 atom stereocenters. The predicted octanol–water partition coefficient (Wildman–Crippen LogP) is 4.18. The van der Waals surface area contributed by atoms with Gasteiger partial charge in [-0.1, -0.05) is 32.0 Å². The molecular weight excluding hydrogens is 422 g/mol. The number of hydrogen-bond donors (Lipinski definition) is 0. The molecule has 3 rings (SSSR count). The van der Waals surface area contributed by atoms with Crippen LogP contribution in [0.4, 0.5) is 5.82 Å². The van der Waals surface area contributed by atoms with E-state index in [-0.39, 0.29) is 5.91 Å². The molecule has 0 unspecified atom stereocenters. The maximum absolute atomic E-state index is 13.4. The van der Waals surface area contributed by atoms with Crippen molar-refractivity contribution in [2.24, 2.45) is 11.3 Å². The highest BCUT2D eigenvalue weighted by atomic mass is 35.5. The molecule has 1 aromatic carbocycles. The van der Waals surface area contributed by atoms with Gasteiger partial charge in [-0.25, -0.2) is 4.68 Å². The molecule has 0 bridgehead atoms. The summed E-state index contributed by atoms with van der Waals surface area (Å²) in [5.74, 6) is 1.86. The number of anilines is 1. The van der Waals surface area contributed by atoms with Crippen LogP contribution in [0.1, 0.15) is 39.0 Å². The Balaban J connectivity index is 2.05. The van der Waals surface area contributed by atoms with Gasteiger partial charge in [-0.2, -0.15) is 5.10 Å². The van der Waals surface area contributed by atoms with Gasteiger partial charge in [0.25, 0.3) is 0 Å². The number of carbonyl (C=O) groups is 1. The second-order valence-electron chi connectivity index (χ2n) is 10.0. The molecule has 1 amide bonds. The van der Waals surface area contributed by atoms with Crippen molar-refractivity contribution in [3.63, 3.8) is 0 Å². The zero-order valence-corrected chi connectivity index (χ0v) is 21.2. The van der Waals surface area contributed by atoms with E-state index < -0.39 is 5.41 Å². The van der Waals surface area contributed by atoms with Crippen LogP contribution in [0.3, 0.4) is 0 Å². The van der Waals surface area contributed by atoms with Gasteiger partial charge >= 0.3 is 0 Å². The number of likely N-dealkylation sites (N-methyl/N-ethyl adjacent to an activating group) is 1. The van der Waals surface area contributed by atoms with Gasteiger partial charge in [0.1, 0.15) is 5.82 Å². The van der Waals surface area contributed by atoms with Gasteiger partial charge < -0.3 is 14.7 Å². The Morgan fingerprint density at radius 2 is 1.78 bits per heavy atom. The van der Waals surface area contributed by atoms with Crippen LogP contribution in [-0.4, -0.2) is 71.1 Å². The maximum atomic E-state index is 13.4. The van der Waals surface area contributed by atoms with E-state index in [0.717, 1.165) is 48.9 Å². The van der Waals surface area contributed by atoms with Crippen molar-refractivity contribution in [3.05, 3.63) is 41.6 Å². The number of aryl methyl sites for hydroxylation is 1. The zero-order chi connectivity index (χ0) is 23.5. The number of carbonyl (C=O) groups excluding carboxylic acids is 1. The number of rotatable bonds is 8. The van der Waals surface area contributed by atoms with Crippen LogP contribution in [0.25, 0.3) is 5.69 Å². The smallest absolute Gasteiger partial charge is 0.229 e. The summed E-state index contributed by atoms with van der Waals surface area (Å²) >= 11 is 6.18. The van der Waals surface area contributed by atoms with Crippen molar-refractivity contribution in [2.45, 2.75) is 41.2 Å². The van der Waals surface area contributed by atoms with Crippen molar-refractivity contribution >= 4 is 23.3 Å². The summed E-state index contributed by atoms with van der Waals surface area (Å²) in [6.07, 6.45) is 0. The van der Waals surface area contributed by atoms with Gasteiger partial charge in [0.15, 0.2) is 0 Å². The van der Waals surface area contributed by atoms with Crippen molar-refractivity contribution in [2.75, 3.05) is 50.6 Å². The third kappa shape index (κ3) is 5.46. The SMILES string of the molecule is Cc1nn(-c2ccccc2)c(N2CCN(C)CC2)c1CN(CC(C)C)C(=O)C(C)(C)CCl. The normalized spacial score (nSPS) is 15.4. The Morgan fingerprint density at radius 3 is 2.34 bits per heavy atom. The highest BCUT2D eigenvalue weighted by Crippen LogP contribution is 2.31. The first-order valence-corrected chi connectivity index (χ1v) is 12.1. The minimum Gasteiger partial charge on any atom is -0.354 e. The fourth-order valence-electron chi connectivity index (χ4n) is 4.16. The molecule has 176 valence electrons. The summed E-state index contributed by atoms with van der Waals surface area (Å²) in [5.41, 5.74) is 2.53. The van der Waals surface area contributed by atoms with Crippen LogP contribution in [-0.2, 0) is 11.3 Å². The van der Waals surface area contributed by atoms with E-state index in [1.165, 1.54) is 0 Å². The minimum absolute atomic E-state index is 0.0948. The van der Waals surface area contributed by atoms with E-state index in [2.05, 4.69) is 54.4 Å². The van der Waals surface area contributed by atoms with Crippen LogP contribution in [0.2, 0.25) is 0 Å². The van der Waals surface area contributed by atoms with E-state index in [0.29, 0.717) is 24.9 Å². The van der Waals surface area contributed by atoms with Crippen molar-refractivity contribution in [1.29, 1.82) is 0 Å². The molecule has 2 aromatic rings. The average molecular weight is 460 g/mol. The molecule has 7 heteroatoms. The molecule has 1 fully saturated rings. The molecule has 0 saturated carbocycles. The van der Waals surface area contributed by atoms with Gasteiger partial charge in [0.2, 0.25) is 5.91 Å². The first kappa shape index (κ1) is 24.6. The summed E-state index contributed by atoms with van der Waals surface area (Å²) < 4.78 is 2.06. The topological polar surface area (TPSA) is 44.6 Å². The average Bonchev–Trinajstić information content (AvgIpc) is 3.09. The summed E-state index contributed by atoms with van der Waals surface area (Å²) in [4.78, 5) is 20.2. The Hall–Kier alpha value is -2.05. The number of para-hydroxylation sites is 1. The fraction of sp³-hybridized carbons (Fsp3) is 0.600. The van der Waals surface area contributed by atoms with Crippen LogP contribution < -0.4 is 4.90 Å². The van der Waals surface area contributed by atoms with Crippen molar-refractivity contribution < 1.29 is 4.79 Å². The third-order valence-corrected chi connectivity index (χ3v) is 6.76. The first-order valence-electron chi connectivity index (χ1n) is 11.6. The predicted molar refractivity (Wildman–Crippen MR) is 133 cm³/mol. The Bertz CT molecular complexity index is 901. The molecule has 1 saturated heterocycles. The Kier molecular flexibility index (Phi) is 7.88. The summed E-state index contributed by atoms with van der Waals surface area (Å²) in [6.45, 7) is 15.3. The van der Waals surface area contributed by atoms with Crippen LogP contribution in [0.5, 0.6) is 0 Å². The van der Waals surface area contributed by atoms with Crippen molar-refractivity contribution in [3.8, 4) is 5.69 Å². The Morgan fingerprint density at radius 1 is 1.16 bits per heavy atom. The lowest BCUT2D eigenvalue weighted by Gasteiger charge is -2.36. The summed E-state index contributed by atoms with van der Waals surface area (Å²) in [5, 5.41) is 4.95. The molecule has 0 aliphatic carbocycles. The van der Waals surface area contributed by atoms with Gasteiger partial charge in [-0.15, -0.1) is 11.6 Å². The fourth-order valence-corrected chi connectivity index (χ4v) is 4.28. The molecule has 0 spiro atoms. The molecule has 32 heavy (non-hydrogen) atoms. The second-order valence-corrected chi connectivity index (χ2v) is 10.3. The van der Waals surface area contributed by atoms with E-state index in [1.54, 1.807) is 0 Å². The van der Waals surface area contributed by atoms with E-state index >= 15 is 0 Å². The minimum atomic E-state index is -0.603. The highest BCUT2D eigenvalue weighted by Gasteiger charge is 2.34. The molecule has 1 aliphatic heterocycles. The third-order valence-electron chi connectivity index (χ3n) is 6.10. The standard InChI is InChI=1S/C25H38ClN5O/c1-19(2)16-30(24(32)25(4,5)18-26)17-22-20(3)27-31(21-10-8-7-9-11-21)23(22)29-14-12-28(6)13-15-29/h7-11,19H,12-18H2,1-6H3. The number of piperazine rings is 1. The lowest BCUT2D eigenvalue weighted by atomic mass is 9.93. The molecule has 6 nitrogen and oxygen atoms in total. The lowest BCUT2D eigenvalue weighted by molar-refractivity contribution is -0.140. The van der Waals surface area contributed by atoms with Crippen molar-refractivity contribution in [1.82, 2.24) is 19.6 Å². The molecule has 0 N–H and O–H groups in total.